The van der Waals surface area contributed by atoms with Crippen LogP contribution in [0.2, 0.25) is 0 Å². The van der Waals surface area contributed by atoms with Crippen molar-refractivity contribution in [3.63, 3.8) is 0 Å². The number of nitrogens with one attached hydrogen (secondary N) is 1. The molecule has 0 spiro atoms. The van der Waals surface area contributed by atoms with Gasteiger partial charge < -0.3 is 5.32 Å². The fourth-order valence-corrected chi connectivity index (χ4v) is 5.59. The molecule has 3 aliphatic heterocycles. The summed E-state index contributed by atoms with van der Waals surface area (Å²) in [5.74, 6) is -0.581. The second-order valence-electron chi connectivity index (χ2n) is 8.81. The zero-order valence-corrected chi connectivity index (χ0v) is 17.6. The number of halogens is 2. The van der Waals surface area contributed by atoms with Crippen LogP contribution in [0.15, 0.2) is 78.9 Å². The lowest BCUT2D eigenvalue weighted by Gasteiger charge is -2.54. The van der Waals surface area contributed by atoms with Crippen LogP contribution in [-0.4, -0.2) is 30.1 Å². The molecular formula is C27H28F2N2. The summed E-state index contributed by atoms with van der Waals surface area (Å²) in [6.07, 6.45) is 2.33. The summed E-state index contributed by atoms with van der Waals surface area (Å²) in [6.45, 7) is 2.86. The van der Waals surface area contributed by atoms with E-state index in [1.807, 2.05) is 24.3 Å². The van der Waals surface area contributed by atoms with E-state index in [0.29, 0.717) is 11.5 Å². The van der Waals surface area contributed by atoms with Crippen molar-refractivity contribution in [1.82, 2.24) is 10.2 Å². The predicted molar refractivity (Wildman–Crippen MR) is 120 cm³/mol. The van der Waals surface area contributed by atoms with Gasteiger partial charge in [0.25, 0.3) is 0 Å². The molecule has 1 N–H and O–H groups in total. The van der Waals surface area contributed by atoms with E-state index in [9.17, 15) is 4.39 Å². The highest BCUT2D eigenvalue weighted by atomic mass is 19.1. The lowest BCUT2D eigenvalue weighted by molar-refractivity contribution is 0.00423. The van der Waals surface area contributed by atoms with Crippen LogP contribution in [0.25, 0.3) is 0 Å². The smallest absolute Gasteiger partial charge is 0.129 e. The van der Waals surface area contributed by atoms with Crippen LogP contribution in [0.5, 0.6) is 0 Å². The number of benzene rings is 3. The van der Waals surface area contributed by atoms with E-state index in [4.69, 9.17) is 0 Å². The van der Waals surface area contributed by atoms with Crippen molar-refractivity contribution >= 4 is 0 Å². The van der Waals surface area contributed by atoms with Crippen LogP contribution in [0.3, 0.4) is 0 Å². The van der Waals surface area contributed by atoms with Gasteiger partial charge in [0.05, 0.1) is 0 Å². The van der Waals surface area contributed by atoms with E-state index in [1.165, 1.54) is 11.6 Å². The second-order valence-corrected chi connectivity index (χ2v) is 8.81. The fourth-order valence-electron chi connectivity index (χ4n) is 5.59. The van der Waals surface area contributed by atoms with Crippen molar-refractivity contribution in [2.75, 3.05) is 13.1 Å². The highest BCUT2D eigenvalue weighted by Crippen LogP contribution is 2.42. The molecule has 3 heterocycles. The highest BCUT2D eigenvalue weighted by molar-refractivity contribution is 5.37. The van der Waals surface area contributed by atoms with Gasteiger partial charge in [-0.15, -0.1) is 0 Å². The van der Waals surface area contributed by atoms with E-state index in [2.05, 4.69) is 46.6 Å². The summed E-state index contributed by atoms with van der Waals surface area (Å²) < 4.78 is 28.8. The third kappa shape index (κ3) is 4.15. The number of rotatable bonds is 6. The van der Waals surface area contributed by atoms with Gasteiger partial charge in [-0.05, 0) is 54.6 Å². The van der Waals surface area contributed by atoms with Gasteiger partial charge in [-0.25, -0.2) is 8.78 Å². The number of piperidine rings is 3. The largest absolute Gasteiger partial charge is 0.308 e. The van der Waals surface area contributed by atoms with Crippen molar-refractivity contribution in [2.45, 2.75) is 37.4 Å². The molecule has 3 atom stereocenters. The molecular weight excluding hydrogens is 390 g/mol. The van der Waals surface area contributed by atoms with Crippen LogP contribution in [-0.2, 0) is 6.54 Å². The molecule has 0 aliphatic carbocycles. The molecule has 3 saturated heterocycles. The van der Waals surface area contributed by atoms with E-state index >= 15 is 4.39 Å². The first-order chi connectivity index (χ1) is 15.2. The Morgan fingerprint density at radius 2 is 1.55 bits per heavy atom. The number of hydrogen-bond donors (Lipinski definition) is 1. The Kier molecular flexibility index (Phi) is 5.84. The summed E-state index contributed by atoms with van der Waals surface area (Å²) in [7, 11) is 0. The molecule has 3 aromatic rings. The van der Waals surface area contributed by atoms with Crippen molar-refractivity contribution < 1.29 is 8.78 Å². The summed E-state index contributed by atoms with van der Waals surface area (Å²) in [5, 5.41) is 3.83. The van der Waals surface area contributed by atoms with Crippen molar-refractivity contribution in [3.8, 4) is 0 Å². The molecule has 0 radical (unpaired) electrons. The van der Waals surface area contributed by atoms with Crippen molar-refractivity contribution in [3.05, 3.63) is 107 Å². The maximum atomic E-state index is 15.1. The summed E-state index contributed by atoms with van der Waals surface area (Å²) >= 11 is 0. The molecule has 31 heavy (non-hydrogen) atoms. The zero-order valence-electron chi connectivity index (χ0n) is 17.6. The average Bonchev–Trinajstić information content (AvgIpc) is 2.82. The van der Waals surface area contributed by atoms with Gasteiger partial charge in [-0.1, -0.05) is 66.7 Å². The normalized spacial score (nSPS) is 26.0. The van der Waals surface area contributed by atoms with Gasteiger partial charge in [0.2, 0.25) is 0 Å². The topological polar surface area (TPSA) is 15.3 Å². The average molecular weight is 419 g/mol. The summed E-state index contributed by atoms with van der Waals surface area (Å²) in [6, 6.07) is 25.0. The van der Waals surface area contributed by atoms with Crippen molar-refractivity contribution in [2.24, 2.45) is 5.92 Å². The van der Waals surface area contributed by atoms with Gasteiger partial charge in [-0.3, -0.25) is 4.90 Å². The van der Waals surface area contributed by atoms with Gasteiger partial charge in [0.1, 0.15) is 11.6 Å². The Bertz CT molecular complexity index is 1000. The Balaban J connectivity index is 1.54. The first-order valence-electron chi connectivity index (χ1n) is 11.2. The molecule has 6 rings (SSSR count). The highest BCUT2D eigenvalue weighted by Gasteiger charge is 2.46. The zero-order chi connectivity index (χ0) is 21.2. The number of nitrogens with zero attached hydrogens (tertiary/aromatic N) is 1. The van der Waals surface area contributed by atoms with Gasteiger partial charge in [0.15, 0.2) is 0 Å². The molecule has 3 fully saturated rings. The Hall–Kier alpha value is -2.56. The molecule has 0 saturated carbocycles. The van der Waals surface area contributed by atoms with Crippen LogP contribution in [0, 0.1) is 17.6 Å². The maximum absolute atomic E-state index is 15.1. The molecule has 160 valence electrons. The fraction of sp³-hybridized carbons (Fsp3) is 0.333. The molecule has 3 aromatic carbocycles. The molecule has 0 amide bonds. The molecule has 0 aromatic heterocycles. The lowest BCUT2D eigenvalue weighted by atomic mass is 9.70. The molecule has 2 bridgehead atoms. The van der Waals surface area contributed by atoms with E-state index in [0.717, 1.165) is 44.1 Å². The van der Waals surface area contributed by atoms with Gasteiger partial charge in [0, 0.05) is 30.6 Å². The molecule has 2 nitrogen and oxygen atoms in total. The minimum absolute atomic E-state index is 0.124. The third-order valence-electron chi connectivity index (χ3n) is 7.05. The number of hydrogen-bond acceptors (Lipinski definition) is 2. The standard InChI is InChI=1S/C27H28F2N2/c28-22-11-12-23(24(29)17-22)25(20-9-5-2-6-10-20)27-26(21-13-15-31(27)16-14-21)30-18-19-7-3-1-4-8-19/h1-12,17,21,25-27,30H,13-16,18H2. The minimum Gasteiger partial charge on any atom is -0.308 e. The number of fused-ring (bicyclic) bond motifs is 3. The van der Waals surface area contributed by atoms with Crippen LogP contribution in [0.4, 0.5) is 8.78 Å². The quantitative estimate of drug-likeness (QED) is 0.581. The molecule has 3 unspecified atom stereocenters. The Morgan fingerprint density at radius 1 is 0.871 bits per heavy atom. The predicted octanol–water partition coefficient (Wildman–Crippen LogP) is 5.35. The summed E-state index contributed by atoms with van der Waals surface area (Å²) in [4.78, 5) is 2.52. The second kappa shape index (κ2) is 8.89. The monoisotopic (exact) mass is 418 g/mol. The van der Waals surface area contributed by atoms with Gasteiger partial charge in [-0.2, -0.15) is 0 Å². The SMILES string of the molecule is Fc1ccc(C(c2ccccc2)C2C(NCc3ccccc3)C3CCN2CC3)c(F)c1. The summed E-state index contributed by atoms with van der Waals surface area (Å²) in [5.41, 5.74) is 2.91. The van der Waals surface area contributed by atoms with Crippen LogP contribution < -0.4 is 5.32 Å². The van der Waals surface area contributed by atoms with Gasteiger partial charge >= 0.3 is 0 Å². The maximum Gasteiger partial charge on any atom is 0.129 e. The van der Waals surface area contributed by atoms with E-state index in [1.54, 1.807) is 6.07 Å². The Morgan fingerprint density at radius 3 is 2.23 bits per heavy atom. The van der Waals surface area contributed by atoms with Crippen molar-refractivity contribution in [1.29, 1.82) is 0 Å². The Labute approximate surface area is 182 Å². The first kappa shape index (κ1) is 20.3. The van der Waals surface area contributed by atoms with E-state index < -0.39 is 11.6 Å². The molecule has 4 heteroatoms. The van der Waals surface area contributed by atoms with E-state index in [-0.39, 0.29) is 18.0 Å². The lowest BCUT2D eigenvalue weighted by Crippen LogP contribution is -2.64. The van der Waals surface area contributed by atoms with Crippen LogP contribution >= 0.6 is 0 Å². The van der Waals surface area contributed by atoms with Crippen LogP contribution in [0.1, 0.15) is 35.4 Å². The first-order valence-corrected chi connectivity index (χ1v) is 11.2. The molecule has 3 aliphatic rings. The minimum atomic E-state index is -0.530. The third-order valence-corrected chi connectivity index (χ3v) is 7.05.